The van der Waals surface area contributed by atoms with E-state index in [1.807, 2.05) is 52.5 Å². The zero-order chi connectivity index (χ0) is 24.2. The maximum Gasteiger partial charge on any atom is 0.337 e. The smallest absolute Gasteiger partial charge is 0.337 e. The van der Waals surface area contributed by atoms with Crippen molar-refractivity contribution < 1.29 is 14.3 Å². The Morgan fingerprint density at radius 1 is 1.14 bits per heavy atom. The number of thiazole rings is 1. The fourth-order valence-electron chi connectivity index (χ4n) is 4.39. The van der Waals surface area contributed by atoms with Crippen molar-refractivity contribution in [3.8, 4) is 0 Å². The molecule has 3 aromatic heterocycles. The molecule has 35 heavy (non-hydrogen) atoms. The molecule has 178 valence electrons. The van der Waals surface area contributed by atoms with Gasteiger partial charge in [-0.25, -0.2) is 9.78 Å². The maximum atomic E-state index is 13.0. The highest BCUT2D eigenvalue weighted by molar-refractivity contribution is 7.14. The first-order chi connectivity index (χ1) is 17.1. The van der Waals surface area contributed by atoms with Crippen molar-refractivity contribution in [3.05, 3.63) is 95.0 Å². The molecule has 0 aliphatic carbocycles. The summed E-state index contributed by atoms with van der Waals surface area (Å²) in [7, 11) is 1.38. The highest BCUT2D eigenvalue weighted by Gasteiger charge is 2.28. The van der Waals surface area contributed by atoms with E-state index in [-0.39, 0.29) is 17.9 Å². The van der Waals surface area contributed by atoms with Crippen molar-refractivity contribution in [2.45, 2.75) is 25.4 Å². The van der Waals surface area contributed by atoms with Gasteiger partial charge in [0.25, 0.3) is 5.91 Å². The van der Waals surface area contributed by atoms with E-state index in [1.165, 1.54) is 18.4 Å². The van der Waals surface area contributed by atoms with E-state index in [0.717, 1.165) is 36.3 Å². The Balaban J connectivity index is 1.27. The molecule has 9 heteroatoms. The predicted molar refractivity (Wildman–Crippen MR) is 135 cm³/mol. The number of ether oxygens (including phenoxy) is 1. The third kappa shape index (κ3) is 4.95. The van der Waals surface area contributed by atoms with Gasteiger partial charge < -0.3 is 14.2 Å². The molecule has 1 atom stereocenters. The zero-order valence-corrected chi connectivity index (χ0v) is 20.1. The Labute approximate surface area is 207 Å². The third-order valence-electron chi connectivity index (χ3n) is 6.12. The molecule has 8 nitrogen and oxygen atoms in total. The van der Waals surface area contributed by atoms with Gasteiger partial charge in [-0.3, -0.25) is 15.1 Å². The topological polar surface area (TPSA) is 89.4 Å². The summed E-state index contributed by atoms with van der Waals surface area (Å²) in [6.45, 7) is 1.50. The first kappa shape index (κ1) is 22.8. The van der Waals surface area contributed by atoms with E-state index in [4.69, 9.17) is 9.72 Å². The molecule has 1 fully saturated rings. The number of nitrogens with one attached hydrogen (secondary N) is 1. The zero-order valence-electron chi connectivity index (χ0n) is 19.3. The van der Waals surface area contributed by atoms with Crippen LogP contribution < -0.4 is 10.2 Å². The number of benzene rings is 1. The second-order valence-electron chi connectivity index (χ2n) is 8.30. The van der Waals surface area contributed by atoms with Gasteiger partial charge in [0.1, 0.15) is 5.69 Å². The Hall–Kier alpha value is -3.98. The van der Waals surface area contributed by atoms with E-state index in [1.54, 1.807) is 24.5 Å². The largest absolute Gasteiger partial charge is 0.465 e. The summed E-state index contributed by atoms with van der Waals surface area (Å²) in [6, 6.07) is 15.1. The van der Waals surface area contributed by atoms with Crippen LogP contribution >= 0.6 is 11.3 Å². The van der Waals surface area contributed by atoms with Crippen molar-refractivity contribution in [1.82, 2.24) is 14.5 Å². The number of pyridine rings is 1. The summed E-state index contributed by atoms with van der Waals surface area (Å²) in [5.41, 5.74) is 4.15. The van der Waals surface area contributed by atoms with Crippen LogP contribution in [0.2, 0.25) is 0 Å². The van der Waals surface area contributed by atoms with Gasteiger partial charge in [-0.15, -0.1) is 11.3 Å². The molecule has 0 unspecified atom stereocenters. The Morgan fingerprint density at radius 2 is 1.94 bits per heavy atom. The van der Waals surface area contributed by atoms with Gasteiger partial charge in [0, 0.05) is 42.7 Å². The van der Waals surface area contributed by atoms with Crippen LogP contribution in [-0.2, 0) is 11.3 Å². The molecule has 1 N–H and O–H groups in total. The molecule has 1 aliphatic rings. The summed E-state index contributed by atoms with van der Waals surface area (Å²) in [5, 5.41) is 5.55. The van der Waals surface area contributed by atoms with Crippen LogP contribution in [0.15, 0.2) is 72.5 Å². The molecule has 1 saturated heterocycles. The van der Waals surface area contributed by atoms with Crippen LogP contribution in [0, 0.1) is 0 Å². The van der Waals surface area contributed by atoms with Gasteiger partial charge in [-0.05, 0) is 66.9 Å². The number of amides is 1. The van der Waals surface area contributed by atoms with Gasteiger partial charge in [0.2, 0.25) is 0 Å². The molecule has 1 aliphatic heterocycles. The van der Waals surface area contributed by atoms with E-state index in [9.17, 15) is 9.59 Å². The number of methoxy groups -OCH3 is 1. The van der Waals surface area contributed by atoms with Crippen molar-refractivity contribution in [2.24, 2.45) is 0 Å². The molecule has 0 saturated carbocycles. The highest BCUT2D eigenvalue weighted by atomic mass is 32.1. The molecule has 0 radical (unpaired) electrons. The number of carbonyl (C=O) groups excluding carboxylic acids is 2. The SMILES string of the molecule is COC(=O)c1ccc(N2CCC[C@@H]2c2csc(NC(=O)c3cccn3Cc3ccncc3)n2)cc1. The number of anilines is 2. The van der Waals surface area contributed by atoms with Gasteiger partial charge in [0.15, 0.2) is 5.13 Å². The number of aromatic nitrogens is 3. The summed E-state index contributed by atoms with van der Waals surface area (Å²) in [4.78, 5) is 35.8. The molecule has 5 rings (SSSR count). The molecular formula is C26H25N5O3S. The van der Waals surface area contributed by atoms with Crippen LogP contribution in [0.5, 0.6) is 0 Å². The molecule has 4 aromatic rings. The summed E-state index contributed by atoms with van der Waals surface area (Å²) < 4.78 is 6.70. The van der Waals surface area contributed by atoms with Crippen molar-refractivity contribution in [3.63, 3.8) is 0 Å². The van der Waals surface area contributed by atoms with Gasteiger partial charge in [0.05, 0.1) is 24.4 Å². The van der Waals surface area contributed by atoms with Crippen LogP contribution in [0.4, 0.5) is 10.8 Å². The first-order valence-corrected chi connectivity index (χ1v) is 12.3. The number of nitrogens with zero attached hydrogens (tertiary/aromatic N) is 4. The minimum absolute atomic E-state index is 0.122. The second kappa shape index (κ2) is 10.1. The van der Waals surface area contributed by atoms with Gasteiger partial charge in [-0.1, -0.05) is 0 Å². The molecule has 4 heterocycles. The van der Waals surface area contributed by atoms with Crippen LogP contribution in [-0.4, -0.2) is 40.1 Å². The Kier molecular flexibility index (Phi) is 6.58. The first-order valence-electron chi connectivity index (χ1n) is 11.4. The molecule has 0 bridgehead atoms. The highest BCUT2D eigenvalue weighted by Crippen LogP contribution is 2.37. The van der Waals surface area contributed by atoms with E-state index in [2.05, 4.69) is 15.2 Å². The lowest BCUT2D eigenvalue weighted by molar-refractivity contribution is 0.0600. The van der Waals surface area contributed by atoms with E-state index >= 15 is 0 Å². The second-order valence-corrected chi connectivity index (χ2v) is 9.16. The van der Waals surface area contributed by atoms with Crippen molar-refractivity contribution in [1.29, 1.82) is 0 Å². The van der Waals surface area contributed by atoms with Gasteiger partial charge >= 0.3 is 5.97 Å². The number of esters is 1. The van der Waals surface area contributed by atoms with Crippen LogP contribution in [0.3, 0.4) is 0 Å². The lowest BCUT2D eigenvalue weighted by Gasteiger charge is -2.25. The van der Waals surface area contributed by atoms with E-state index < -0.39 is 0 Å². The van der Waals surface area contributed by atoms with E-state index in [0.29, 0.717) is 22.9 Å². The molecule has 0 spiro atoms. The van der Waals surface area contributed by atoms with Crippen LogP contribution in [0.1, 0.15) is 51.0 Å². The number of hydrogen-bond acceptors (Lipinski definition) is 7. The minimum atomic E-state index is -0.346. The minimum Gasteiger partial charge on any atom is -0.465 e. The molecule has 1 aromatic carbocycles. The molecular weight excluding hydrogens is 462 g/mol. The fraction of sp³-hybridized carbons (Fsp3) is 0.231. The lowest BCUT2D eigenvalue weighted by Crippen LogP contribution is -2.23. The van der Waals surface area contributed by atoms with Crippen LogP contribution in [0.25, 0.3) is 0 Å². The third-order valence-corrected chi connectivity index (χ3v) is 6.90. The Morgan fingerprint density at radius 3 is 2.71 bits per heavy atom. The van der Waals surface area contributed by atoms with Crippen molar-refractivity contribution >= 4 is 34.0 Å². The Bertz CT molecular complexity index is 1320. The lowest BCUT2D eigenvalue weighted by atomic mass is 10.1. The standard InChI is InChI=1S/C26H25N5O3S/c1-34-25(33)19-6-8-20(9-7-19)31-15-3-4-22(31)21-17-35-26(28-21)29-24(32)23-5-2-14-30(23)16-18-10-12-27-13-11-18/h2,5-14,17,22H,3-4,15-16H2,1H3,(H,28,29,32)/t22-/m1/s1. The average molecular weight is 488 g/mol. The maximum absolute atomic E-state index is 13.0. The number of carbonyl (C=O) groups is 2. The van der Waals surface area contributed by atoms with Gasteiger partial charge in [-0.2, -0.15) is 0 Å². The number of rotatable bonds is 7. The normalized spacial score (nSPS) is 15.2. The summed E-state index contributed by atoms with van der Waals surface area (Å²) in [5.74, 6) is -0.534. The predicted octanol–water partition coefficient (Wildman–Crippen LogP) is 4.77. The average Bonchev–Trinajstić information content (AvgIpc) is 3.65. The monoisotopic (exact) mass is 487 g/mol. The quantitative estimate of drug-likeness (QED) is 0.378. The fourth-order valence-corrected chi connectivity index (χ4v) is 5.14. The number of hydrogen-bond donors (Lipinski definition) is 1. The van der Waals surface area contributed by atoms with Crippen molar-refractivity contribution in [2.75, 3.05) is 23.9 Å². The summed E-state index contributed by atoms with van der Waals surface area (Å²) >= 11 is 1.43. The molecule has 1 amide bonds. The summed E-state index contributed by atoms with van der Waals surface area (Å²) in [6.07, 6.45) is 7.41.